The SMILES string of the molecule is c1ccc(CC2=Nc3sc4c(c3C3=NCCN23)CCCC4)cc1. The van der Waals surface area contributed by atoms with Crippen molar-refractivity contribution in [1.82, 2.24) is 4.90 Å². The molecule has 0 radical (unpaired) electrons. The fourth-order valence-electron chi connectivity index (χ4n) is 3.86. The highest BCUT2D eigenvalue weighted by molar-refractivity contribution is 7.16. The molecule has 0 bridgehead atoms. The Morgan fingerprint density at radius 1 is 1.09 bits per heavy atom. The highest BCUT2D eigenvalue weighted by Gasteiger charge is 2.34. The predicted octanol–water partition coefficient (Wildman–Crippen LogP) is 3.98. The molecular weight excluding hydrogens is 302 g/mol. The number of aryl methyl sites for hydroxylation is 1. The molecule has 0 saturated heterocycles. The molecule has 0 unspecified atom stereocenters. The Balaban J connectivity index is 1.60. The molecule has 0 fully saturated rings. The molecule has 0 N–H and O–H groups in total. The number of amidine groups is 2. The summed E-state index contributed by atoms with van der Waals surface area (Å²) in [5.74, 6) is 2.36. The minimum Gasteiger partial charge on any atom is -0.312 e. The lowest BCUT2D eigenvalue weighted by atomic mass is 9.94. The second-order valence-electron chi connectivity index (χ2n) is 6.44. The average molecular weight is 321 g/mol. The third-order valence-electron chi connectivity index (χ3n) is 4.96. The Morgan fingerprint density at radius 2 is 1.96 bits per heavy atom. The van der Waals surface area contributed by atoms with Gasteiger partial charge in [0.25, 0.3) is 0 Å². The third-order valence-corrected chi connectivity index (χ3v) is 6.15. The molecule has 2 aromatic rings. The van der Waals surface area contributed by atoms with Gasteiger partial charge in [0.1, 0.15) is 16.7 Å². The van der Waals surface area contributed by atoms with Crippen molar-refractivity contribution in [2.24, 2.45) is 9.98 Å². The number of benzene rings is 1. The van der Waals surface area contributed by atoms with Gasteiger partial charge >= 0.3 is 0 Å². The minimum absolute atomic E-state index is 0.891. The van der Waals surface area contributed by atoms with Crippen molar-refractivity contribution in [3.8, 4) is 0 Å². The zero-order valence-corrected chi connectivity index (χ0v) is 13.9. The smallest absolute Gasteiger partial charge is 0.139 e. The van der Waals surface area contributed by atoms with E-state index in [9.17, 15) is 0 Å². The van der Waals surface area contributed by atoms with Crippen LogP contribution in [0.4, 0.5) is 5.00 Å². The molecule has 1 aliphatic carbocycles. The molecule has 4 heteroatoms. The monoisotopic (exact) mass is 321 g/mol. The molecule has 3 nitrogen and oxygen atoms in total. The molecule has 1 aromatic heterocycles. The summed E-state index contributed by atoms with van der Waals surface area (Å²) in [5.41, 5.74) is 4.23. The lowest BCUT2D eigenvalue weighted by molar-refractivity contribution is 0.646. The summed E-state index contributed by atoms with van der Waals surface area (Å²) in [6.45, 7) is 1.87. The summed E-state index contributed by atoms with van der Waals surface area (Å²) >= 11 is 1.91. The minimum atomic E-state index is 0.891. The van der Waals surface area contributed by atoms with Gasteiger partial charge in [-0.25, -0.2) is 4.99 Å². The number of fused-ring (bicyclic) bond motifs is 5. The van der Waals surface area contributed by atoms with Crippen molar-refractivity contribution < 1.29 is 0 Å². The third kappa shape index (κ3) is 2.16. The Morgan fingerprint density at radius 3 is 2.87 bits per heavy atom. The maximum atomic E-state index is 5.07. The Kier molecular flexibility index (Phi) is 3.11. The van der Waals surface area contributed by atoms with Crippen LogP contribution in [0.2, 0.25) is 0 Å². The molecule has 0 spiro atoms. The summed E-state index contributed by atoms with van der Waals surface area (Å²) in [6.07, 6.45) is 5.95. The molecule has 116 valence electrons. The van der Waals surface area contributed by atoms with Crippen LogP contribution in [-0.2, 0) is 19.3 Å². The van der Waals surface area contributed by atoms with Gasteiger partial charge in [0.2, 0.25) is 0 Å². The van der Waals surface area contributed by atoms with Gasteiger partial charge in [-0.05, 0) is 36.8 Å². The van der Waals surface area contributed by atoms with E-state index in [0.29, 0.717) is 0 Å². The van der Waals surface area contributed by atoms with Crippen LogP contribution in [0, 0.1) is 0 Å². The number of hydrogen-bond donors (Lipinski definition) is 0. The number of nitrogens with zero attached hydrogens (tertiary/aromatic N) is 3. The predicted molar refractivity (Wildman–Crippen MR) is 96.3 cm³/mol. The van der Waals surface area contributed by atoms with Crippen LogP contribution in [0.3, 0.4) is 0 Å². The Bertz CT molecular complexity index is 817. The lowest BCUT2D eigenvalue weighted by Crippen LogP contribution is -2.38. The van der Waals surface area contributed by atoms with Gasteiger partial charge in [-0.3, -0.25) is 4.99 Å². The molecule has 5 rings (SSSR count). The molecular formula is C19H19N3S. The number of thiophene rings is 1. The standard InChI is InChI=1S/C19H19N3S/c1-2-6-13(7-3-1)12-16-21-19-17(18-20-10-11-22(16)18)14-8-4-5-9-15(14)23-19/h1-3,6-7H,4-5,8-12H2. The van der Waals surface area contributed by atoms with E-state index in [1.165, 1.54) is 53.5 Å². The van der Waals surface area contributed by atoms with Crippen molar-refractivity contribution in [1.29, 1.82) is 0 Å². The number of hydrogen-bond acceptors (Lipinski definition) is 4. The maximum absolute atomic E-state index is 5.07. The van der Waals surface area contributed by atoms with Crippen LogP contribution in [0.1, 0.15) is 34.4 Å². The molecule has 2 aliphatic heterocycles. The largest absolute Gasteiger partial charge is 0.312 e. The first-order valence-corrected chi connectivity index (χ1v) is 9.30. The quantitative estimate of drug-likeness (QED) is 0.822. The Hall–Kier alpha value is -1.94. The first-order valence-electron chi connectivity index (χ1n) is 8.48. The van der Waals surface area contributed by atoms with Gasteiger partial charge in [-0.15, -0.1) is 11.3 Å². The van der Waals surface area contributed by atoms with E-state index in [0.717, 1.165) is 19.5 Å². The molecule has 1 aromatic carbocycles. The molecule has 0 saturated carbocycles. The van der Waals surface area contributed by atoms with Gasteiger partial charge in [-0.1, -0.05) is 30.3 Å². The van der Waals surface area contributed by atoms with E-state index >= 15 is 0 Å². The molecule has 3 aliphatic rings. The van der Waals surface area contributed by atoms with Crippen LogP contribution in [0.5, 0.6) is 0 Å². The van der Waals surface area contributed by atoms with Crippen molar-refractivity contribution >= 4 is 28.0 Å². The van der Waals surface area contributed by atoms with Crippen molar-refractivity contribution in [2.75, 3.05) is 13.1 Å². The summed E-state index contributed by atoms with van der Waals surface area (Å²) in [5, 5.41) is 1.21. The van der Waals surface area contributed by atoms with Crippen molar-refractivity contribution in [3.63, 3.8) is 0 Å². The lowest BCUT2D eigenvalue weighted by Gasteiger charge is -2.27. The second-order valence-corrected chi connectivity index (χ2v) is 7.52. The number of rotatable bonds is 2. The first kappa shape index (κ1) is 13.5. The van der Waals surface area contributed by atoms with Gasteiger partial charge in [0.05, 0.1) is 12.1 Å². The molecule has 23 heavy (non-hydrogen) atoms. The van der Waals surface area contributed by atoms with Gasteiger partial charge in [0.15, 0.2) is 0 Å². The van der Waals surface area contributed by atoms with Gasteiger partial charge in [-0.2, -0.15) is 0 Å². The second kappa shape index (κ2) is 5.31. The van der Waals surface area contributed by atoms with Crippen LogP contribution >= 0.6 is 11.3 Å². The summed E-state index contributed by atoms with van der Waals surface area (Å²) in [6, 6.07) is 10.6. The van der Waals surface area contributed by atoms with E-state index in [2.05, 4.69) is 35.2 Å². The maximum Gasteiger partial charge on any atom is 0.139 e. The van der Waals surface area contributed by atoms with E-state index in [4.69, 9.17) is 9.98 Å². The van der Waals surface area contributed by atoms with E-state index in [-0.39, 0.29) is 0 Å². The van der Waals surface area contributed by atoms with Crippen molar-refractivity contribution in [3.05, 3.63) is 51.9 Å². The zero-order valence-electron chi connectivity index (χ0n) is 13.1. The summed E-state index contributed by atoms with van der Waals surface area (Å²) < 4.78 is 0. The summed E-state index contributed by atoms with van der Waals surface area (Å²) in [7, 11) is 0. The topological polar surface area (TPSA) is 28.0 Å². The van der Waals surface area contributed by atoms with Crippen LogP contribution in [-0.4, -0.2) is 29.7 Å². The molecule has 3 heterocycles. The van der Waals surface area contributed by atoms with E-state index in [1.54, 1.807) is 10.4 Å². The first-order chi connectivity index (χ1) is 11.4. The van der Waals surface area contributed by atoms with Crippen molar-refractivity contribution in [2.45, 2.75) is 32.1 Å². The van der Waals surface area contributed by atoms with E-state index in [1.807, 2.05) is 11.3 Å². The highest BCUT2D eigenvalue weighted by Crippen LogP contribution is 2.43. The van der Waals surface area contributed by atoms with Crippen LogP contribution < -0.4 is 0 Å². The fourth-order valence-corrected chi connectivity index (χ4v) is 5.14. The van der Waals surface area contributed by atoms with Crippen LogP contribution in [0.25, 0.3) is 0 Å². The Labute approximate surface area is 140 Å². The molecule has 0 amide bonds. The van der Waals surface area contributed by atoms with Crippen LogP contribution in [0.15, 0.2) is 40.3 Å². The van der Waals surface area contributed by atoms with E-state index < -0.39 is 0 Å². The zero-order chi connectivity index (χ0) is 15.2. The molecule has 0 atom stereocenters. The normalized spacial score (nSPS) is 18.9. The highest BCUT2D eigenvalue weighted by atomic mass is 32.1. The average Bonchev–Trinajstić information content (AvgIpc) is 3.19. The van der Waals surface area contributed by atoms with Gasteiger partial charge < -0.3 is 4.90 Å². The fraction of sp³-hybridized carbons (Fsp3) is 0.368. The summed E-state index contributed by atoms with van der Waals surface area (Å²) in [4.78, 5) is 13.8. The van der Waals surface area contributed by atoms with Gasteiger partial charge in [0, 0.05) is 17.8 Å². The number of aliphatic imine (C=N–C) groups is 2.